The SMILES string of the molecule is C=CCOC(=O)C(=Cc1cccc([N+](=O)[O-])c1)C(C)=O. The minimum Gasteiger partial charge on any atom is -0.458 e. The van der Waals surface area contributed by atoms with E-state index in [1.165, 1.54) is 37.3 Å². The van der Waals surface area contributed by atoms with Crippen molar-refractivity contribution in [1.82, 2.24) is 0 Å². The van der Waals surface area contributed by atoms with Gasteiger partial charge in [0.05, 0.1) is 4.92 Å². The van der Waals surface area contributed by atoms with Gasteiger partial charge in [0, 0.05) is 12.1 Å². The van der Waals surface area contributed by atoms with Crippen LogP contribution in [0, 0.1) is 10.1 Å². The van der Waals surface area contributed by atoms with Gasteiger partial charge in [-0.25, -0.2) is 4.79 Å². The third-order valence-corrected chi connectivity index (χ3v) is 2.32. The van der Waals surface area contributed by atoms with Crippen LogP contribution in [0.1, 0.15) is 12.5 Å². The quantitative estimate of drug-likeness (QED) is 0.151. The Labute approximate surface area is 115 Å². The van der Waals surface area contributed by atoms with E-state index >= 15 is 0 Å². The van der Waals surface area contributed by atoms with Crippen LogP contribution in [0.3, 0.4) is 0 Å². The number of ether oxygens (including phenoxy) is 1. The molecule has 1 aromatic carbocycles. The number of benzene rings is 1. The lowest BCUT2D eigenvalue weighted by atomic mass is 10.1. The second kappa shape index (κ2) is 6.98. The minimum atomic E-state index is -0.788. The standard InChI is InChI=1S/C14H13NO5/c1-3-7-20-14(17)13(10(2)16)9-11-5-4-6-12(8-11)15(18)19/h3-6,8-9H,1,7H2,2H3. The van der Waals surface area contributed by atoms with Gasteiger partial charge in [0.1, 0.15) is 12.2 Å². The lowest BCUT2D eigenvalue weighted by Crippen LogP contribution is -2.13. The molecule has 0 N–H and O–H groups in total. The van der Waals surface area contributed by atoms with Crippen molar-refractivity contribution in [2.24, 2.45) is 0 Å². The molecule has 0 heterocycles. The van der Waals surface area contributed by atoms with Crippen LogP contribution in [-0.2, 0) is 14.3 Å². The van der Waals surface area contributed by atoms with E-state index < -0.39 is 16.7 Å². The molecule has 1 rings (SSSR count). The number of Topliss-reactive ketones (excluding diaryl/α,β-unsaturated/α-hetero) is 1. The summed E-state index contributed by atoms with van der Waals surface area (Å²) in [4.78, 5) is 33.2. The molecule has 0 radical (unpaired) electrons. The zero-order chi connectivity index (χ0) is 15.1. The highest BCUT2D eigenvalue weighted by atomic mass is 16.6. The van der Waals surface area contributed by atoms with E-state index in [0.717, 1.165) is 0 Å². The first-order valence-corrected chi connectivity index (χ1v) is 5.71. The summed E-state index contributed by atoms with van der Waals surface area (Å²) in [5, 5.41) is 10.7. The molecule has 0 amide bonds. The number of nitro groups is 1. The van der Waals surface area contributed by atoms with E-state index in [1.807, 2.05) is 0 Å². The van der Waals surface area contributed by atoms with E-state index in [-0.39, 0.29) is 17.9 Å². The average molecular weight is 275 g/mol. The number of hydrogen-bond acceptors (Lipinski definition) is 5. The van der Waals surface area contributed by atoms with Crippen LogP contribution in [-0.4, -0.2) is 23.3 Å². The molecule has 0 aliphatic heterocycles. The van der Waals surface area contributed by atoms with E-state index in [2.05, 4.69) is 6.58 Å². The number of carbonyl (C=O) groups excluding carboxylic acids is 2. The number of esters is 1. The smallest absolute Gasteiger partial charge is 0.342 e. The number of hydrogen-bond donors (Lipinski definition) is 0. The molecule has 6 nitrogen and oxygen atoms in total. The Morgan fingerprint density at radius 2 is 2.15 bits per heavy atom. The summed E-state index contributed by atoms with van der Waals surface area (Å²) in [6, 6.07) is 5.61. The summed E-state index contributed by atoms with van der Waals surface area (Å²) in [5.74, 6) is -1.27. The molecule has 0 spiro atoms. The summed E-state index contributed by atoms with van der Waals surface area (Å²) < 4.78 is 4.78. The molecule has 0 saturated heterocycles. The van der Waals surface area contributed by atoms with E-state index in [9.17, 15) is 19.7 Å². The fourth-order valence-corrected chi connectivity index (χ4v) is 1.41. The molecule has 0 aromatic heterocycles. The topological polar surface area (TPSA) is 86.5 Å². The Hall–Kier alpha value is -2.76. The molecule has 6 heteroatoms. The number of ketones is 1. The first-order valence-electron chi connectivity index (χ1n) is 5.71. The molecule has 0 fully saturated rings. The molecule has 20 heavy (non-hydrogen) atoms. The van der Waals surface area contributed by atoms with Crippen LogP contribution in [0.5, 0.6) is 0 Å². The normalized spacial score (nSPS) is 10.8. The van der Waals surface area contributed by atoms with E-state index in [4.69, 9.17) is 4.74 Å². The Kier molecular flexibility index (Phi) is 5.34. The first-order chi connectivity index (χ1) is 9.45. The zero-order valence-electron chi connectivity index (χ0n) is 10.9. The van der Waals surface area contributed by atoms with Crippen LogP contribution in [0.2, 0.25) is 0 Å². The Morgan fingerprint density at radius 1 is 1.45 bits per heavy atom. The van der Waals surface area contributed by atoms with Crippen molar-refractivity contribution in [2.45, 2.75) is 6.92 Å². The Bertz CT molecular complexity index is 589. The molecule has 0 atom stereocenters. The summed E-state index contributed by atoms with van der Waals surface area (Å²) >= 11 is 0. The summed E-state index contributed by atoms with van der Waals surface area (Å²) in [7, 11) is 0. The fourth-order valence-electron chi connectivity index (χ4n) is 1.41. The van der Waals surface area contributed by atoms with Gasteiger partial charge in [-0.3, -0.25) is 14.9 Å². The molecular weight excluding hydrogens is 262 g/mol. The number of non-ortho nitro benzene ring substituents is 1. The molecule has 104 valence electrons. The van der Waals surface area contributed by atoms with Crippen molar-refractivity contribution in [3.63, 3.8) is 0 Å². The summed E-state index contributed by atoms with van der Waals surface area (Å²) in [5.41, 5.74) is 0.0772. The van der Waals surface area contributed by atoms with Gasteiger partial charge in [0.2, 0.25) is 0 Å². The van der Waals surface area contributed by atoms with Crippen LogP contribution in [0.25, 0.3) is 6.08 Å². The molecule has 0 bridgehead atoms. The largest absolute Gasteiger partial charge is 0.458 e. The Morgan fingerprint density at radius 3 is 2.70 bits per heavy atom. The van der Waals surface area contributed by atoms with Crippen molar-refractivity contribution >= 4 is 23.5 Å². The van der Waals surface area contributed by atoms with E-state index in [0.29, 0.717) is 5.56 Å². The van der Waals surface area contributed by atoms with Crippen LogP contribution < -0.4 is 0 Å². The average Bonchev–Trinajstić information content (AvgIpc) is 2.42. The summed E-state index contributed by atoms with van der Waals surface area (Å²) in [6.45, 7) is 4.60. The van der Waals surface area contributed by atoms with Crippen molar-refractivity contribution in [3.05, 3.63) is 58.2 Å². The first kappa shape index (κ1) is 15.3. The third-order valence-electron chi connectivity index (χ3n) is 2.32. The zero-order valence-corrected chi connectivity index (χ0v) is 10.9. The van der Waals surface area contributed by atoms with Gasteiger partial charge < -0.3 is 4.74 Å². The molecule has 0 aliphatic rings. The van der Waals surface area contributed by atoms with Gasteiger partial charge in [0.15, 0.2) is 5.78 Å². The maximum Gasteiger partial charge on any atom is 0.342 e. The van der Waals surface area contributed by atoms with Gasteiger partial charge in [0.25, 0.3) is 5.69 Å². The van der Waals surface area contributed by atoms with Crippen LogP contribution in [0.4, 0.5) is 5.69 Å². The molecule has 0 aliphatic carbocycles. The van der Waals surface area contributed by atoms with Crippen LogP contribution in [0.15, 0.2) is 42.5 Å². The molecule has 0 unspecified atom stereocenters. The fraction of sp³-hybridized carbons (Fsp3) is 0.143. The second-order valence-electron chi connectivity index (χ2n) is 3.85. The van der Waals surface area contributed by atoms with Crippen molar-refractivity contribution in [3.8, 4) is 0 Å². The van der Waals surface area contributed by atoms with Gasteiger partial charge in [-0.15, -0.1) is 0 Å². The maximum absolute atomic E-state index is 11.7. The lowest BCUT2D eigenvalue weighted by Gasteiger charge is -2.04. The lowest BCUT2D eigenvalue weighted by molar-refractivity contribution is -0.384. The maximum atomic E-state index is 11.7. The highest BCUT2D eigenvalue weighted by molar-refractivity contribution is 6.19. The molecular formula is C14H13NO5. The number of nitrogens with zero attached hydrogens (tertiary/aromatic N) is 1. The number of rotatable bonds is 6. The molecule has 0 saturated carbocycles. The van der Waals surface area contributed by atoms with Gasteiger partial charge >= 0.3 is 5.97 Å². The highest BCUT2D eigenvalue weighted by Gasteiger charge is 2.16. The predicted octanol–water partition coefficient (Wildman–Crippen LogP) is 2.30. The second-order valence-corrected chi connectivity index (χ2v) is 3.85. The monoisotopic (exact) mass is 275 g/mol. The van der Waals surface area contributed by atoms with Crippen molar-refractivity contribution in [1.29, 1.82) is 0 Å². The minimum absolute atomic E-state index is 0.0155. The van der Waals surface area contributed by atoms with Gasteiger partial charge in [-0.2, -0.15) is 0 Å². The van der Waals surface area contributed by atoms with Crippen molar-refractivity contribution < 1.29 is 19.2 Å². The predicted molar refractivity (Wildman–Crippen MR) is 72.9 cm³/mol. The van der Waals surface area contributed by atoms with E-state index in [1.54, 1.807) is 6.07 Å². The number of nitro benzene ring substituents is 1. The number of carbonyl (C=O) groups is 2. The van der Waals surface area contributed by atoms with Gasteiger partial charge in [-0.05, 0) is 18.6 Å². The third kappa shape index (κ3) is 4.16. The Balaban J connectivity index is 3.11. The highest BCUT2D eigenvalue weighted by Crippen LogP contribution is 2.16. The van der Waals surface area contributed by atoms with Gasteiger partial charge in [-0.1, -0.05) is 24.8 Å². The van der Waals surface area contributed by atoms with Crippen molar-refractivity contribution in [2.75, 3.05) is 6.61 Å². The molecule has 1 aromatic rings. The van der Waals surface area contributed by atoms with Crippen LogP contribution >= 0.6 is 0 Å². The summed E-state index contributed by atoms with van der Waals surface area (Å²) in [6.07, 6.45) is 2.64.